The third kappa shape index (κ3) is 1.34. The van der Waals surface area contributed by atoms with Crippen LogP contribution in [-0.2, 0) is 0 Å². The van der Waals surface area contributed by atoms with E-state index in [1.54, 1.807) is 12.1 Å². The monoisotopic (exact) mass is 239 g/mol. The number of para-hydroxylation sites is 1. The molecule has 1 aromatic heterocycles. The molecule has 0 unspecified atom stereocenters. The summed E-state index contributed by atoms with van der Waals surface area (Å²) >= 11 is 0. The normalized spacial score (nSPS) is 11.2. The molecule has 18 heavy (non-hydrogen) atoms. The Morgan fingerprint density at radius 2 is 1.78 bits per heavy atom. The fraction of sp³-hybridized carbons (Fsp3) is 0.133. The molecule has 3 rings (SSSR count). The minimum atomic E-state index is -0.901. The van der Waals surface area contributed by atoms with Crippen LogP contribution < -0.4 is 0 Å². The zero-order chi connectivity index (χ0) is 12.9. The van der Waals surface area contributed by atoms with E-state index >= 15 is 0 Å². The molecule has 0 aliphatic carbocycles. The van der Waals surface area contributed by atoms with Crippen LogP contribution in [0.3, 0.4) is 0 Å². The van der Waals surface area contributed by atoms with Crippen molar-refractivity contribution in [2.24, 2.45) is 0 Å². The highest BCUT2D eigenvalue weighted by atomic mass is 16.4. The van der Waals surface area contributed by atoms with Crippen LogP contribution in [0.2, 0.25) is 0 Å². The molecule has 0 spiro atoms. The largest absolute Gasteiger partial charge is 0.478 e. The minimum absolute atomic E-state index is 0.320. The standard InChI is InChI=1S/C15H13NO2/c1-8-6-7-11-10-4-3-5-12(15(17)18)14(10)16-13(11)9(8)2/h3-7,16H,1-2H3,(H,17,18). The number of benzene rings is 2. The number of hydrogen-bond donors (Lipinski definition) is 2. The Labute approximate surface area is 104 Å². The van der Waals surface area contributed by atoms with Gasteiger partial charge in [-0.2, -0.15) is 0 Å². The molecule has 90 valence electrons. The Hall–Kier alpha value is -2.29. The first-order valence-corrected chi connectivity index (χ1v) is 5.83. The van der Waals surface area contributed by atoms with Crippen molar-refractivity contribution >= 4 is 27.8 Å². The van der Waals surface area contributed by atoms with Crippen molar-refractivity contribution < 1.29 is 9.90 Å². The van der Waals surface area contributed by atoms with Crippen molar-refractivity contribution in [3.63, 3.8) is 0 Å². The molecule has 0 saturated heterocycles. The highest BCUT2D eigenvalue weighted by Gasteiger charge is 2.13. The van der Waals surface area contributed by atoms with E-state index in [2.05, 4.69) is 18.0 Å². The lowest BCUT2D eigenvalue weighted by molar-refractivity contribution is 0.0699. The molecule has 3 nitrogen and oxygen atoms in total. The fourth-order valence-corrected chi connectivity index (χ4v) is 2.42. The number of aromatic nitrogens is 1. The quantitative estimate of drug-likeness (QED) is 0.681. The lowest BCUT2D eigenvalue weighted by Gasteiger charge is -2.00. The number of aromatic amines is 1. The topological polar surface area (TPSA) is 53.1 Å². The number of carboxylic acid groups (broad SMARTS) is 1. The molecule has 0 bridgehead atoms. The van der Waals surface area contributed by atoms with Gasteiger partial charge in [0.15, 0.2) is 0 Å². The summed E-state index contributed by atoms with van der Waals surface area (Å²) in [7, 11) is 0. The van der Waals surface area contributed by atoms with Gasteiger partial charge in [-0.15, -0.1) is 0 Å². The van der Waals surface area contributed by atoms with Crippen molar-refractivity contribution in [2.75, 3.05) is 0 Å². The molecular formula is C15H13NO2. The summed E-state index contributed by atoms with van der Waals surface area (Å²) in [6.07, 6.45) is 0. The molecule has 0 aliphatic rings. The fourth-order valence-electron chi connectivity index (χ4n) is 2.42. The number of aryl methyl sites for hydroxylation is 2. The van der Waals surface area contributed by atoms with Crippen LogP contribution in [0.25, 0.3) is 21.8 Å². The van der Waals surface area contributed by atoms with Crippen LogP contribution in [0.1, 0.15) is 21.5 Å². The van der Waals surface area contributed by atoms with Gasteiger partial charge in [0, 0.05) is 16.3 Å². The van der Waals surface area contributed by atoms with Gasteiger partial charge in [-0.1, -0.05) is 24.3 Å². The van der Waals surface area contributed by atoms with Crippen molar-refractivity contribution in [2.45, 2.75) is 13.8 Å². The molecule has 3 aromatic rings. The summed E-state index contributed by atoms with van der Waals surface area (Å²) in [5.74, 6) is -0.901. The Balaban J connectivity index is 2.54. The number of aromatic carboxylic acids is 1. The second-order valence-electron chi connectivity index (χ2n) is 4.59. The van der Waals surface area contributed by atoms with Crippen LogP contribution in [0.5, 0.6) is 0 Å². The van der Waals surface area contributed by atoms with Gasteiger partial charge in [0.1, 0.15) is 0 Å². The van der Waals surface area contributed by atoms with Crippen LogP contribution in [0.15, 0.2) is 30.3 Å². The Morgan fingerprint density at radius 3 is 2.50 bits per heavy atom. The molecule has 2 N–H and O–H groups in total. The molecule has 0 radical (unpaired) electrons. The second-order valence-corrected chi connectivity index (χ2v) is 4.59. The van der Waals surface area contributed by atoms with E-state index in [9.17, 15) is 9.90 Å². The zero-order valence-electron chi connectivity index (χ0n) is 10.2. The van der Waals surface area contributed by atoms with E-state index < -0.39 is 5.97 Å². The number of nitrogens with one attached hydrogen (secondary N) is 1. The van der Waals surface area contributed by atoms with E-state index in [0.29, 0.717) is 11.1 Å². The van der Waals surface area contributed by atoms with Crippen molar-refractivity contribution in [1.29, 1.82) is 0 Å². The molecule has 0 amide bonds. The number of hydrogen-bond acceptors (Lipinski definition) is 1. The molecule has 3 heteroatoms. The maximum atomic E-state index is 11.2. The highest BCUT2D eigenvalue weighted by Crippen LogP contribution is 2.30. The van der Waals surface area contributed by atoms with Crippen molar-refractivity contribution in [3.05, 3.63) is 47.0 Å². The molecule has 0 aliphatic heterocycles. The van der Waals surface area contributed by atoms with Crippen LogP contribution in [0, 0.1) is 13.8 Å². The van der Waals surface area contributed by atoms with Gasteiger partial charge < -0.3 is 10.1 Å². The number of carbonyl (C=O) groups is 1. The third-order valence-corrected chi connectivity index (χ3v) is 3.57. The lowest BCUT2D eigenvalue weighted by atomic mass is 10.0. The maximum Gasteiger partial charge on any atom is 0.337 e. The minimum Gasteiger partial charge on any atom is -0.478 e. The number of fused-ring (bicyclic) bond motifs is 3. The lowest BCUT2D eigenvalue weighted by Crippen LogP contribution is -1.96. The number of carboxylic acids is 1. The zero-order valence-corrected chi connectivity index (χ0v) is 10.2. The summed E-state index contributed by atoms with van der Waals surface area (Å²) in [5.41, 5.74) is 4.42. The van der Waals surface area contributed by atoms with Gasteiger partial charge in [-0.25, -0.2) is 4.79 Å². The Kier molecular flexibility index (Phi) is 2.17. The summed E-state index contributed by atoms with van der Waals surface area (Å²) < 4.78 is 0. The van der Waals surface area contributed by atoms with E-state index in [4.69, 9.17) is 0 Å². The summed E-state index contributed by atoms with van der Waals surface area (Å²) in [4.78, 5) is 14.5. The molecule has 0 atom stereocenters. The van der Waals surface area contributed by atoms with Gasteiger partial charge in [0.25, 0.3) is 0 Å². The highest BCUT2D eigenvalue weighted by molar-refractivity contribution is 6.14. The van der Waals surface area contributed by atoms with Gasteiger partial charge >= 0.3 is 5.97 Å². The summed E-state index contributed by atoms with van der Waals surface area (Å²) in [5, 5.41) is 11.3. The summed E-state index contributed by atoms with van der Waals surface area (Å²) in [6.45, 7) is 4.10. The smallest absolute Gasteiger partial charge is 0.337 e. The third-order valence-electron chi connectivity index (χ3n) is 3.57. The van der Waals surface area contributed by atoms with Gasteiger partial charge in [-0.3, -0.25) is 0 Å². The number of rotatable bonds is 1. The SMILES string of the molecule is Cc1ccc2c([nH]c3c(C(=O)O)cccc32)c1C. The Morgan fingerprint density at radius 1 is 1.06 bits per heavy atom. The maximum absolute atomic E-state index is 11.2. The second kappa shape index (κ2) is 3.60. The molecule has 0 saturated carbocycles. The van der Waals surface area contributed by atoms with Crippen LogP contribution in [0.4, 0.5) is 0 Å². The molecule has 0 fully saturated rings. The number of H-pyrrole nitrogens is 1. The van der Waals surface area contributed by atoms with E-state index in [1.807, 2.05) is 19.1 Å². The van der Waals surface area contributed by atoms with E-state index in [1.165, 1.54) is 11.1 Å². The predicted octanol–water partition coefficient (Wildman–Crippen LogP) is 3.64. The van der Waals surface area contributed by atoms with Crippen molar-refractivity contribution in [1.82, 2.24) is 4.98 Å². The van der Waals surface area contributed by atoms with Crippen molar-refractivity contribution in [3.8, 4) is 0 Å². The van der Waals surface area contributed by atoms with E-state index in [0.717, 1.165) is 16.3 Å². The molecular weight excluding hydrogens is 226 g/mol. The van der Waals surface area contributed by atoms with Gasteiger partial charge in [-0.05, 0) is 31.0 Å². The van der Waals surface area contributed by atoms with Crippen LogP contribution in [-0.4, -0.2) is 16.1 Å². The average molecular weight is 239 g/mol. The van der Waals surface area contributed by atoms with Gasteiger partial charge in [0.05, 0.1) is 11.1 Å². The Bertz CT molecular complexity index is 784. The predicted molar refractivity (Wildman–Crippen MR) is 72.2 cm³/mol. The van der Waals surface area contributed by atoms with Crippen LogP contribution >= 0.6 is 0 Å². The molecule has 2 aromatic carbocycles. The first-order valence-electron chi connectivity index (χ1n) is 5.83. The molecule has 1 heterocycles. The van der Waals surface area contributed by atoms with Gasteiger partial charge in [0.2, 0.25) is 0 Å². The van der Waals surface area contributed by atoms with E-state index in [-0.39, 0.29) is 0 Å². The first kappa shape index (κ1) is 10.8. The average Bonchev–Trinajstić information content (AvgIpc) is 2.72. The summed E-state index contributed by atoms with van der Waals surface area (Å²) in [6, 6.07) is 9.48. The first-order chi connectivity index (χ1) is 8.59.